The molecule has 0 unspecified atom stereocenters. The van der Waals surface area contributed by atoms with E-state index < -0.39 is 0 Å². The molecule has 1 aliphatic carbocycles. The predicted octanol–water partition coefficient (Wildman–Crippen LogP) is 5.93. The van der Waals surface area contributed by atoms with Crippen LogP contribution >= 0.6 is 11.3 Å². The molecule has 1 aromatic carbocycles. The van der Waals surface area contributed by atoms with Crippen molar-refractivity contribution < 1.29 is 4.74 Å². The summed E-state index contributed by atoms with van der Waals surface area (Å²) in [5.74, 6) is 0.591. The molecule has 1 fully saturated rings. The van der Waals surface area contributed by atoms with E-state index in [1.54, 1.807) is 6.07 Å². The van der Waals surface area contributed by atoms with Gasteiger partial charge < -0.3 is 4.74 Å². The number of aromatic nitrogens is 2. The Bertz CT molecular complexity index is 923. The molecule has 4 nitrogen and oxygen atoms in total. The van der Waals surface area contributed by atoms with Gasteiger partial charge in [0.15, 0.2) is 0 Å². The van der Waals surface area contributed by atoms with Crippen LogP contribution in [-0.2, 0) is 0 Å². The van der Waals surface area contributed by atoms with Crippen LogP contribution in [0.15, 0.2) is 48.6 Å². The maximum absolute atomic E-state index is 9.39. The SMILES string of the molecule is C=C(/C=C\C=C1CCCC1)c1nnc(-c2ccc(OC(C)C)c(C#N)c2)s1. The molecule has 1 heterocycles. The zero-order valence-electron chi connectivity index (χ0n) is 15.7. The summed E-state index contributed by atoms with van der Waals surface area (Å²) in [4.78, 5) is 0. The average Bonchev–Trinajstić information content (AvgIpc) is 3.33. The molecule has 5 heteroatoms. The lowest BCUT2D eigenvalue weighted by atomic mass is 10.1. The summed E-state index contributed by atoms with van der Waals surface area (Å²) in [6, 6.07) is 7.71. The van der Waals surface area contributed by atoms with Gasteiger partial charge in [0.1, 0.15) is 21.8 Å². The molecule has 1 aliphatic rings. The van der Waals surface area contributed by atoms with Crippen molar-refractivity contribution in [1.82, 2.24) is 10.2 Å². The Hall–Kier alpha value is -2.71. The Morgan fingerprint density at radius 2 is 2.07 bits per heavy atom. The molecule has 0 N–H and O–H groups in total. The number of ether oxygens (including phenoxy) is 1. The summed E-state index contributed by atoms with van der Waals surface area (Å²) in [6.45, 7) is 7.97. The summed E-state index contributed by atoms with van der Waals surface area (Å²) in [6.07, 6.45) is 11.2. The standard InChI is InChI=1S/C22H23N3OS/c1-15(2)26-20-12-11-18(13-19(20)14-23)22-25-24-21(27-22)16(3)7-6-10-17-8-4-5-9-17/h6-7,10-13,15H,3-5,8-9H2,1-2H3/b7-6-. The second-order valence-corrected chi connectivity index (χ2v) is 7.80. The van der Waals surface area contributed by atoms with Crippen LogP contribution in [0, 0.1) is 11.3 Å². The van der Waals surface area contributed by atoms with Gasteiger partial charge in [-0.05, 0) is 57.7 Å². The highest BCUT2D eigenvalue weighted by molar-refractivity contribution is 7.15. The Morgan fingerprint density at radius 1 is 1.30 bits per heavy atom. The third-order valence-electron chi connectivity index (χ3n) is 4.28. The van der Waals surface area contributed by atoms with E-state index in [0.717, 1.165) is 21.2 Å². The van der Waals surface area contributed by atoms with Crippen molar-refractivity contribution in [1.29, 1.82) is 5.26 Å². The van der Waals surface area contributed by atoms with E-state index in [-0.39, 0.29) is 6.10 Å². The van der Waals surface area contributed by atoms with E-state index in [9.17, 15) is 5.26 Å². The first-order valence-corrected chi connectivity index (χ1v) is 9.98. The molecule has 0 bridgehead atoms. The van der Waals surface area contributed by atoms with E-state index in [0.29, 0.717) is 11.3 Å². The molecule has 0 amide bonds. The maximum Gasteiger partial charge on any atom is 0.148 e. The van der Waals surface area contributed by atoms with Crippen molar-refractivity contribution in [2.75, 3.05) is 0 Å². The number of hydrogen-bond donors (Lipinski definition) is 0. The monoisotopic (exact) mass is 377 g/mol. The number of hydrogen-bond acceptors (Lipinski definition) is 5. The Labute approximate surface area is 164 Å². The van der Waals surface area contributed by atoms with E-state index in [2.05, 4.69) is 35.0 Å². The number of rotatable bonds is 6. The molecule has 0 radical (unpaired) electrons. The number of nitriles is 1. The predicted molar refractivity (Wildman–Crippen MR) is 111 cm³/mol. The molecule has 1 aromatic heterocycles. The van der Waals surface area contributed by atoms with E-state index >= 15 is 0 Å². The fourth-order valence-electron chi connectivity index (χ4n) is 2.94. The minimum atomic E-state index is 0.0189. The van der Waals surface area contributed by atoms with Gasteiger partial charge >= 0.3 is 0 Å². The third-order valence-corrected chi connectivity index (χ3v) is 5.33. The fraction of sp³-hybridized carbons (Fsp3) is 0.318. The molecule has 3 rings (SSSR count). The van der Waals surface area contributed by atoms with Crippen molar-refractivity contribution in [3.63, 3.8) is 0 Å². The smallest absolute Gasteiger partial charge is 0.148 e. The molecule has 0 atom stereocenters. The van der Waals surface area contributed by atoms with Crippen LogP contribution in [0.25, 0.3) is 16.1 Å². The molecule has 0 saturated heterocycles. The second-order valence-electron chi connectivity index (χ2n) is 6.82. The van der Waals surface area contributed by atoms with Crippen LogP contribution in [0.1, 0.15) is 50.1 Å². The van der Waals surface area contributed by atoms with Crippen LogP contribution in [0.4, 0.5) is 0 Å². The third kappa shape index (κ3) is 4.93. The van der Waals surface area contributed by atoms with Gasteiger partial charge in [0, 0.05) is 11.1 Å². The molecule has 138 valence electrons. The lowest BCUT2D eigenvalue weighted by Crippen LogP contribution is -2.06. The van der Waals surface area contributed by atoms with Gasteiger partial charge in [0.05, 0.1) is 11.7 Å². The topological polar surface area (TPSA) is 58.8 Å². The lowest BCUT2D eigenvalue weighted by molar-refractivity contribution is 0.242. The van der Waals surface area contributed by atoms with E-state index in [1.807, 2.05) is 32.1 Å². The Morgan fingerprint density at radius 3 is 2.78 bits per heavy atom. The van der Waals surface area contributed by atoms with Gasteiger partial charge in [-0.1, -0.05) is 41.7 Å². The number of nitrogens with zero attached hydrogens (tertiary/aromatic N) is 3. The maximum atomic E-state index is 9.39. The molecule has 27 heavy (non-hydrogen) atoms. The fourth-order valence-corrected chi connectivity index (χ4v) is 3.73. The second kappa shape index (κ2) is 8.79. The van der Waals surface area contributed by atoms with Crippen molar-refractivity contribution >= 4 is 16.9 Å². The molecular weight excluding hydrogens is 354 g/mol. The molecule has 1 saturated carbocycles. The highest BCUT2D eigenvalue weighted by atomic mass is 32.1. The Balaban J connectivity index is 1.75. The number of allylic oxidation sites excluding steroid dienone is 5. The van der Waals surface area contributed by atoms with Crippen LogP contribution in [0.5, 0.6) is 5.75 Å². The zero-order chi connectivity index (χ0) is 19.2. The molecule has 2 aromatic rings. The van der Waals surface area contributed by atoms with Gasteiger partial charge in [-0.15, -0.1) is 10.2 Å². The highest BCUT2D eigenvalue weighted by Gasteiger charge is 2.12. The quantitative estimate of drug-likeness (QED) is 0.585. The summed E-state index contributed by atoms with van der Waals surface area (Å²) in [5.41, 5.74) is 3.70. The van der Waals surface area contributed by atoms with Gasteiger partial charge in [-0.25, -0.2) is 0 Å². The minimum Gasteiger partial charge on any atom is -0.490 e. The molecular formula is C22H23N3OS. The summed E-state index contributed by atoms with van der Waals surface area (Å²) < 4.78 is 5.67. The van der Waals surface area contributed by atoms with Crippen molar-refractivity contribution in [2.45, 2.75) is 45.6 Å². The average molecular weight is 378 g/mol. The molecule has 0 spiro atoms. The van der Waals surface area contributed by atoms with Gasteiger partial charge in [-0.3, -0.25) is 0 Å². The van der Waals surface area contributed by atoms with E-state index in [4.69, 9.17) is 4.74 Å². The van der Waals surface area contributed by atoms with Crippen LogP contribution in [0.2, 0.25) is 0 Å². The van der Waals surface area contributed by atoms with Gasteiger partial charge in [0.2, 0.25) is 0 Å². The van der Waals surface area contributed by atoms with Crippen molar-refractivity contribution in [3.05, 3.63) is 59.2 Å². The first-order valence-electron chi connectivity index (χ1n) is 9.17. The van der Waals surface area contributed by atoms with Crippen LogP contribution in [0.3, 0.4) is 0 Å². The summed E-state index contributed by atoms with van der Waals surface area (Å²) >= 11 is 1.47. The minimum absolute atomic E-state index is 0.0189. The van der Waals surface area contributed by atoms with Gasteiger partial charge in [-0.2, -0.15) is 5.26 Å². The Kier molecular flexibility index (Phi) is 6.20. The van der Waals surface area contributed by atoms with Crippen molar-refractivity contribution in [2.24, 2.45) is 0 Å². The highest BCUT2D eigenvalue weighted by Crippen LogP contribution is 2.31. The van der Waals surface area contributed by atoms with Gasteiger partial charge in [0.25, 0.3) is 0 Å². The van der Waals surface area contributed by atoms with Crippen molar-refractivity contribution in [3.8, 4) is 22.4 Å². The normalized spacial score (nSPS) is 13.9. The first kappa shape index (κ1) is 19.1. The van der Waals surface area contributed by atoms with Crippen LogP contribution in [-0.4, -0.2) is 16.3 Å². The lowest BCUT2D eigenvalue weighted by Gasteiger charge is -2.11. The molecule has 0 aliphatic heterocycles. The summed E-state index contributed by atoms with van der Waals surface area (Å²) in [7, 11) is 0. The summed E-state index contributed by atoms with van der Waals surface area (Å²) in [5, 5.41) is 19.5. The van der Waals surface area contributed by atoms with Crippen LogP contribution < -0.4 is 4.74 Å². The zero-order valence-corrected chi connectivity index (χ0v) is 16.6. The number of benzene rings is 1. The van der Waals surface area contributed by atoms with E-state index in [1.165, 1.54) is 42.6 Å². The first-order chi connectivity index (χ1) is 13.1. The largest absolute Gasteiger partial charge is 0.490 e.